The third-order valence-corrected chi connectivity index (χ3v) is 2.66. The summed E-state index contributed by atoms with van der Waals surface area (Å²) in [5, 5.41) is 20.9. The van der Waals surface area contributed by atoms with Crippen LogP contribution in [-0.4, -0.2) is 31.3 Å². The van der Waals surface area contributed by atoms with Gasteiger partial charge in [-0.2, -0.15) is 0 Å². The summed E-state index contributed by atoms with van der Waals surface area (Å²) >= 11 is 0. The molecule has 0 bridgehead atoms. The summed E-state index contributed by atoms with van der Waals surface area (Å²) in [5.74, 6) is -0.510. The molecule has 0 aliphatic heterocycles. The van der Waals surface area contributed by atoms with Gasteiger partial charge in [0.05, 0.1) is 0 Å². The maximum atomic E-state index is 11.0. The molecule has 1 aromatic heterocycles. The van der Waals surface area contributed by atoms with Gasteiger partial charge in [0.25, 0.3) is 0 Å². The van der Waals surface area contributed by atoms with Gasteiger partial charge < -0.3 is 5.11 Å². The topological polar surface area (TPSA) is 80.9 Å². The Hall–Kier alpha value is -2.24. The first-order valence-corrected chi connectivity index (χ1v) is 5.71. The van der Waals surface area contributed by atoms with Crippen molar-refractivity contribution < 1.29 is 9.90 Å². The molecule has 0 fully saturated rings. The smallest absolute Gasteiger partial charge is 0.330 e. The summed E-state index contributed by atoms with van der Waals surface area (Å²) in [6.45, 7) is 3.74. The van der Waals surface area contributed by atoms with Crippen LogP contribution in [-0.2, 0) is 4.79 Å². The number of rotatable bonds is 4. The Labute approximate surface area is 104 Å². The second kappa shape index (κ2) is 4.95. The van der Waals surface area contributed by atoms with E-state index in [-0.39, 0.29) is 0 Å². The van der Waals surface area contributed by atoms with Crippen LogP contribution in [0.4, 0.5) is 0 Å². The Kier molecular flexibility index (Phi) is 3.36. The van der Waals surface area contributed by atoms with Gasteiger partial charge in [0.15, 0.2) is 6.04 Å². The highest BCUT2D eigenvalue weighted by atomic mass is 16.4. The van der Waals surface area contributed by atoms with E-state index in [0.29, 0.717) is 12.2 Å². The van der Waals surface area contributed by atoms with Crippen LogP contribution in [0.5, 0.6) is 0 Å². The lowest BCUT2D eigenvalue weighted by Crippen LogP contribution is -2.20. The minimum Gasteiger partial charge on any atom is -0.480 e. The van der Waals surface area contributed by atoms with Crippen molar-refractivity contribution in [2.75, 3.05) is 0 Å². The van der Waals surface area contributed by atoms with Gasteiger partial charge in [-0.15, -0.1) is 15.0 Å². The Morgan fingerprint density at radius 1 is 1.50 bits per heavy atom. The Morgan fingerprint density at radius 2 is 2.28 bits per heavy atom. The number of hydrogen-bond donors (Lipinski definition) is 1. The number of nitrogens with zero attached hydrogens (tertiary/aromatic N) is 4. The lowest BCUT2D eigenvalue weighted by molar-refractivity contribution is -0.141. The van der Waals surface area contributed by atoms with Gasteiger partial charge in [-0.25, -0.2) is 4.79 Å². The number of hydrogen-bond acceptors (Lipinski definition) is 4. The average molecular weight is 246 g/mol. The molecule has 94 valence electrons. The molecule has 2 rings (SSSR count). The second-order valence-corrected chi connectivity index (χ2v) is 4.07. The maximum Gasteiger partial charge on any atom is 0.330 e. The molecule has 6 nitrogen and oxygen atoms in total. The minimum absolute atomic E-state index is 0.416. The number of carboxylic acid groups (broad SMARTS) is 1. The van der Waals surface area contributed by atoms with Crippen LogP contribution < -0.4 is 0 Å². The monoisotopic (exact) mass is 246 g/mol. The van der Waals surface area contributed by atoms with Crippen molar-refractivity contribution in [1.29, 1.82) is 0 Å². The van der Waals surface area contributed by atoms with E-state index in [1.807, 2.05) is 31.2 Å². The third kappa shape index (κ3) is 2.37. The van der Waals surface area contributed by atoms with Crippen LogP contribution in [0.3, 0.4) is 0 Å². The fourth-order valence-corrected chi connectivity index (χ4v) is 1.69. The van der Waals surface area contributed by atoms with Gasteiger partial charge in [-0.3, -0.25) is 0 Å². The zero-order valence-electron chi connectivity index (χ0n) is 10.2. The first-order valence-electron chi connectivity index (χ1n) is 5.71. The first kappa shape index (κ1) is 12.2. The SMILES string of the molecule is CCC(C(=O)O)n1nnc(-c2cccc(C)c2)n1. The number of aliphatic carboxylic acids is 1. The van der Waals surface area contributed by atoms with Gasteiger partial charge >= 0.3 is 5.97 Å². The highest BCUT2D eigenvalue weighted by Gasteiger charge is 2.20. The molecule has 0 radical (unpaired) electrons. The van der Waals surface area contributed by atoms with Gasteiger partial charge in [0, 0.05) is 5.56 Å². The third-order valence-electron chi connectivity index (χ3n) is 2.66. The lowest BCUT2D eigenvalue weighted by atomic mass is 10.1. The molecular formula is C12H14N4O2. The molecule has 18 heavy (non-hydrogen) atoms. The number of tetrazole rings is 1. The number of aryl methyl sites for hydroxylation is 1. The first-order chi connectivity index (χ1) is 8.61. The van der Waals surface area contributed by atoms with Crippen LogP contribution in [0.15, 0.2) is 24.3 Å². The summed E-state index contributed by atoms with van der Waals surface area (Å²) < 4.78 is 0. The molecule has 1 N–H and O–H groups in total. The van der Waals surface area contributed by atoms with E-state index in [2.05, 4.69) is 15.4 Å². The zero-order valence-corrected chi connectivity index (χ0v) is 10.2. The highest BCUT2D eigenvalue weighted by Crippen LogP contribution is 2.16. The van der Waals surface area contributed by atoms with Crippen LogP contribution in [0, 0.1) is 6.92 Å². The molecular weight excluding hydrogens is 232 g/mol. The number of benzene rings is 1. The van der Waals surface area contributed by atoms with Crippen LogP contribution in [0.2, 0.25) is 0 Å². The molecule has 1 heterocycles. The molecule has 1 aromatic carbocycles. The van der Waals surface area contributed by atoms with Crippen molar-refractivity contribution in [3.63, 3.8) is 0 Å². The average Bonchev–Trinajstić information content (AvgIpc) is 2.79. The minimum atomic E-state index is -0.953. The van der Waals surface area contributed by atoms with E-state index in [9.17, 15) is 4.79 Å². The van der Waals surface area contributed by atoms with Crippen LogP contribution >= 0.6 is 0 Å². The van der Waals surface area contributed by atoms with Crippen molar-refractivity contribution in [2.24, 2.45) is 0 Å². The molecule has 0 aliphatic rings. The molecule has 1 unspecified atom stereocenters. The van der Waals surface area contributed by atoms with Crippen molar-refractivity contribution in [1.82, 2.24) is 20.2 Å². The highest BCUT2D eigenvalue weighted by molar-refractivity contribution is 5.71. The Morgan fingerprint density at radius 3 is 2.89 bits per heavy atom. The number of carboxylic acids is 1. The van der Waals surface area contributed by atoms with E-state index in [1.165, 1.54) is 0 Å². The van der Waals surface area contributed by atoms with Crippen molar-refractivity contribution in [2.45, 2.75) is 26.3 Å². The van der Waals surface area contributed by atoms with E-state index in [4.69, 9.17) is 5.11 Å². The Bertz CT molecular complexity index is 565. The summed E-state index contributed by atoms with van der Waals surface area (Å²) in [4.78, 5) is 12.2. The van der Waals surface area contributed by atoms with Crippen LogP contribution in [0.1, 0.15) is 24.9 Å². The molecule has 0 saturated carbocycles. The van der Waals surface area contributed by atoms with E-state index in [0.717, 1.165) is 15.9 Å². The normalized spacial score (nSPS) is 12.3. The predicted molar refractivity (Wildman–Crippen MR) is 65.0 cm³/mol. The summed E-state index contributed by atoms with van der Waals surface area (Å²) in [7, 11) is 0. The fourth-order valence-electron chi connectivity index (χ4n) is 1.69. The lowest BCUT2D eigenvalue weighted by Gasteiger charge is -2.06. The predicted octanol–water partition coefficient (Wildman–Crippen LogP) is 1.68. The van der Waals surface area contributed by atoms with Crippen molar-refractivity contribution in [3.8, 4) is 11.4 Å². The summed E-state index contributed by atoms with van der Waals surface area (Å²) in [5.41, 5.74) is 1.93. The number of aromatic nitrogens is 4. The standard InChI is InChI=1S/C12H14N4O2/c1-3-10(12(17)18)16-14-11(13-15-16)9-6-4-5-8(2)7-9/h4-7,10H,3H2,1-2H3,(H,17,18). The molecule has 2 aromatic rings. The number of carbonyl (C=O) groups is 1. The van der Waals surface area contributed by atoms with Gasteiger partial charge in [0.2, 0.25) is 5.82 Å². The van der Waals surface area contributed by atoms with Crippen molar-refractivity contribution in [3.05, 3.63) is 29.8 Å². The van der Waals surface area contributed by atoms with Crippen molar-refractivity contribution >= 4 is 5.97 Å². The van der Waals surface area contributed by atoms with Gasteiger partial charge in [-0.05, 0) is 24.6 Å². The largest absolute Gasteiger partial charge is 0.480 e. The van der Waals surface area contributed by atoms with Gasteiger partial charge in [0.1, 0.15) is 0 Å². The van der Waals surface area contributed by atoms with E-state index < -0.39 is 12.0 Å². The second-order valence-electron chi connectivity index (χ2n) is 4.07. The summed E-state index contributed by atoms with van der Waals surface area (Å²) in [6.07, 6.45) is 0.416. The molecule has 1 atom stereocenters. The molecule has 0 saturated heterocycles. The quantitative estimate of drug-likeness (QED) is 0.887. The molecule has 6 heteroatoms. The molecule has 0 spiro atoms. The van der Waals surface area contributed by atoms with Crippen LogP contribution in [0.25, 0.3) is 11.4 Å². The molecule has 0 aliphatic carbocycles. The van der Waals surface area contributed by atoms with E-state index in [1.54, 1.807) is 6.92 Å². The van der Waals surface area contributed by atoms with E-state index >= 15 is 0 Å². The fraction of sp³-hybridized carbons (Fsp3) is 0.333. The molecule has 0 amide bonds. The van der Waals surface area contributed by atoms with Gasteiger partial charge in [-0.1, -0.05) is 30.7 Å². The maximum absolute atomic E-state index is 11.0. The zero-order chi connectivity index (χ0) is 13.1. The summed E-state index contributed by atoms with van der Waals surface area (Å²) in [6, 6.07) is 6.91. The Balaban J connectivity index is 2.33.